The molecule has 1 N–H and O–H groups in total. The van der Waals surface area contributed by atoms with Crippen molar-refractivity contribution < 1.29 is 25.0 Å². The van der Waals surface area contributed by atoms with Crippen LogP contribution in [0.3, 0.4) is 0 Å². The molecule has 4 rings (SSSR count). The molecule has 0 saturated heterocycles. The largest absolute Gasteiger partial charge is 0.377 e. The highest BCUT2D eigenvalue weighted by Crippen LogP contribution is 2.67. The molecule has 0 bridgehead atoms. The van der Waals surface area contributed by atoms with Gasteiger partial charge in [0.25, 0.3) is 10.2 Å². The summed E-state index contributed by atoms with van der Waals surface area (Å²) in [5.41, 5.74) is -1.03. The fraction of sp³-hybridized carbons (Fsp3) is 0.810. The Morgan fingerprint density at radius 1 is 1.20 bits per heavy atom. The van der Waals surface area contributed by atoms with Crippen molar-refractivity contribution in [1.82, 2.24) is 0 Å². The lowest BCUT2D eigenvalue weighted by molar-refractivity contribution is -0.770. The Bertz CT molecular complexity index is 823. The number of allylic oxidation sites excluding steroid dienone is 1. The first-order valence-corrected chi connectivity index (χ1v) is 10.6. The maximum Gasteiger partial charge on any atom is 0.294 e. The van der Waals surface area contributed by atoms with Crippen LogP contribution >= 0.6 is 0 Å². The van der Waals surface area contributed by atoms with Crippen LogP contribution in [0.5, 0.6) is 0 Å². The molecule has 0 radical (unpaired) electrons. The van der Waals surface area contributed by atoms with E-state index in [1.165, 1.54) is 0 Å². The SMILES string of the molecule is C#C[C@]1(O)CC[C@H]2[C@@H]3CC=C4C[C@@H](O[N+](=O)[O-])CC[C@]4(CO[N+](=O)[O-])[C@H]3CC[C@@]21C. The molecule has 9 heteroatoms. The number of nitrogens with zero attached hydrogens (tertiary/aromatic N) is 2. The van der Waals surface area contributed by atoms with E-state index in [4.69, 9.17) is 16.1 Å². The van der Waals surface area contributed by atoms with Gasteiger partial charge in [-0.2, -0.15) is 0 Å². The lowest BCUT2D eigenvalue weighted by atomic mass is 9.46. The molecule has 4 aliphatic carbocycles. The minimum absolute atomic E-state index is 0.0406. The van der Waals surface area contributed by atoms with Gasteiger partial charge in [-0.25, -0.2) is 0 Å². The fourth-order valence-electron chi connectivity index (χ4n) is 7.33. The zero-order valence-electron chi connectivity index (χ0n) is 17.1. The molecular formula is C21H28N2O7. The first-order valence-electron chi connectivity index (χ1n) is 10.6. The van der Waals surface area contributed by atoms with Gasteiger partial charge in [-0.1, -0.05) is 24.5 Å². The quantitative estimate of drug-likeness (QED) is 0.313. The van der Waals surface area contributed by atoms with Gasteiger partial charge in [0.05, 0.1) is 0 Å². The van der Waals surface area contributed by atoms with Crippen LogP contribution in [0.1, 0.15) is 58.3 Å². The van der Waals surface area contributed by atoms with Crippen molar-refractivity contribution in [2.24, 2.45) is 28.6 Å². The van der Waals surface area contributed by atoms with E-state index in [0.29, 0.717) is 25.7 Å². The minimum Gasteiger partial charge on any atom is -0.377 e. The Balaban J connectivity index is 1.67. The van der Waals surface area contributed by atoms with Crippen LogP contribution in [0.2, 0.25) is 0 Å². The van der Waals surface area contributed by atoms with Gasteiger partial charge in [-0.15, -0.1) is 26.7 Å². The van der Waals surface area contributed by atoms with Crippen LogP contribution in [0, 0.1) is 61.2 Å². The van der Waals surface area contributed by atoms with Gasteiger partial charge in [0.1, 0.15) is 18.3 Å². The molecule has 3 fully saturated rings. The van der Waals surface area contributed by atoms with Crippen molar-refractivity contribution in [3.05, 3.63) is 31.9 Å². The van der Waals surface area contributed by atoms with Crippen molar-refractivity contribution in [3.63, 3.8) is 0 Å². The minimum atomic E-state index is -1.12. The van der Waals surface area contributed by atoms with Gasteiger partial charge >= 0.3 is 0 Å². The molecule has 3 saturated carbocycles. The van der Waals surface area contributed by atoms with Gasteiger partial charge in [0.2, 0.25) is 0 Å². The summed E-state index contributed by atoms with van der Waals surface area (Å²) in [6.07, 6.45) is 12.4. The lowest BCUT2D eigenvalue weighted by Crippen LogP contribution is -2.56. The average molecular weight is 420 g/mol. The summed E-state index contributed by atoms with van der Waals surface area (Å²) in [6, 6.07) is 0. The molecule has 0 aliphatic heterocycles. The van der Waals surface area contributed by atoms with Gasteiger partial charge in [-0.3, -0.25) is 0 Å². The van der Waals surface area contributed by atoms with E-state index in [0.717, 1.165) is 31.3 Å². The number of fused-ring (bicyclic) bond motifs is 5. The molecule has 0 unspecified atom stereocenters. The second-order valence-electron chi connectivity index (χ2n) is 9.69. The number of terminal acetylenes is 1. The highest BCUT2D eigenvalue weighted by Gasteiger charge is 2.64. The van der Waals surface area contributed by atoms with Crippen molar-refractivity contribution >= 4 is 0 Å². The molecule has 164 valence electrons. The second kappa shape index (κ2) is 7.12. The third kappa shape index (κ3) is 2.96. The van der Waals surface area contributed by atoms with Crippen molar-refractivity contribution in [1.29, 1.82) is 0 Å². The zero-order valence-corrected chi connectivity index (χ0v) is 17.1. The smallest absolute Gasteiger partial charge is 0.294 e. The summed E-state index contributed by atoms with van der Waals surface area (Å²) in [5, 5.41) is 31.4. The van der Waals surface area contributed by atoms with Crippen LogP contribution in [0.15, 0.2) is 11.6 Å². The predicted molar refractivity (Wildman–Crippen MR) is 105 cm³/mol. The molecule has 7 atom stereocenters. The van der Waals surface area contributed by atoms with E-state index in [2.05, 4.69) is 18.9 Å². The summed E-state index contributed by atoms with van der Waals surface area (Å²) in [4.78, 5) is 31.6. The molecule has 0 heterocycles. The molecule has 30 heavy (non-hydrogen) atoms. The Morgan fingerprint density at radius 3 is 2.60 bits per heavy atom. The van der Waals surface area contributed by atoms with Gasteiger partial charge in [-0.05, 0) is 69.1 Å². The normalized spacial score (nSPS) is 44.5. The summed E-state index contributed by atoms with van der Waals surface area (Å²) in [5.74, 6) is 3.29. The zero-order chi connectivity index (χ0) is 21.7. The summed E-state index contributed by atoms with van der Waals surface area (Å²) in [6.45, 7) is 2.04. The fourth-order valence-corrected chi connectivity index (χ4v) is 7.33. The highest BCUT2D eigenvalue weighted by atomic mass is 17.0. The third-order valence-corrected chi connectivity index (χ3v) is 8.84. The lowest BCUT2D eigenvalue weighted by Gasteiger charge is -2.59. The Kier molecular flexibility index (Phi) is 4.96. The molecule has 0 aromatic heterocycles. The Labute approximate surface area is 175 Å². The van der Waals surface area contributed by atoms with Crippen LogP contribution < -0.4 is 0 Å². The topological polar surface area (TPSA) is 125 Å². The van der Waals surface area contributed by atoms with E-state index in [9.17, 15) is 25.3 Å². The van der Waals surface area contributed by atoms with Gasteiger partial charge < -0.3 is 14.8 Å². The van der Waals surface area contributed by atoms with Crippen LogP contribution in [0.25, 0.3) is 0 Å². The van der Waals surface area contributed by atoms with Crippen LogP contribution in [-0.4, -0.2) is 33.6 Å². The maximum absolute atomic E-state index is 11.1. The summed E-state index contributed by atoms with van der Waals surface area (Å²) >= 11 is 0. The number of hydrogen-bond acceptors (Lipinski definition) is 7. The first-order chi connectivity index (χ1) is 14.1. The number of hydrogen-bond donors (Lipinski definition) is 1. The third-order valence-electron chi connectivity index (χ3n) is 8.84. The molecular weight excluding hydrogens is 392 g/mol. The molecule has 0 amide bonds. The molecule has 9 nitrogen and oxygen atoms in total. The molecule has 0 spiro atoms. The summed E-state index contributed by atoms with van der Waals surface area (Å²) < 4.78 is 0. The molecule has 0 aromatic carbocycles. The Hall–Kier alpha value is -2.34. The first kappa shape index (κ1) is 20.9. The van der Waals surface area contributed by atoms with E-state index in [1.54, 1.807) is 0 Å². The summed E-state index contributed by atoms with van der Waals surface area (Å²) in [7, 11) is 0. The highest BCUT2D eigenvalue weighted by molar-refractivity contribution is 5.29. The maximum atomic E-state index is 11.1. The standard InChI is InChI=1S/C21H28N2O7/c1-3-21(24)11-8-17-16-5-4-14-12-15(30-23(27)28)6-10-20(14,13-29-22(25)26)18(16)7-9-19(17,21)2/h1,4,15-18,24H,5-13H2,2H3/t15-,16-,17-,18-,19-,20+,21-/m0/s1. The molecule has 0 aromatic rings. The van der Waals surface area contributed by atoms with Crippen molar-refractivity contribution in [2.45, 2.75) is 70.0 Å². The predicted octanol–water partition coefficient (Wildman–Crippen LogP) is 3.08. The average Bonchev–Trinajstić information content (AvgIpc) is 2.97. The van der Waals surface area contributed by atoms with Gasteiger partial charge in [0, 0.05) is 10.8 Å². The van der Waals surface area contributed by atoms with Gasteiger partial charge in [0.15, 0.2) is 0 Å². The van der Waals surface area contributed by atoms with E-state index < -0.39 is 27.3 Å². The Morgan fingerprint density at radius 2 is 1.93 bits per heavy atom. The van der Waals surface area contributed by atoms with Crippen molar-refractivity contribution in [3.8, 4) is 12.3 Å². The van der Waals surface area contributed by atoms with Crippen LogP contribution in [0.4, 0.5) is 0 Å². The van der Waals surface area contributed by atoms with Crippen molar-refractivity contribution in [2.75, 3.05) is 6.61 Å². The number of rotatable bonds is 5. The van der Waals surface area contributed by atoms with Crippen LogP contribution in [-0.2, 0) is 9.68 Å². The van der Waals surface area contributed by atoms with E-state index in [1.807, 2.05) is 0 Å². The van der Waals surface area contributed by atoms with E-state index >= 15 is 0 Å². The number of aliphatic hydroxyl groups is 1. The monoisotopic (exact) mass is 420 g/mol. The molecule has 4 aliphatic rings. The van der Waals surface area contributed by atoms with E-state index in [-0.39, 0.29) is 29.8 Å². The second-order valence-corrected chi connectivity index (χ2v) is 9.69.